The number of hydrogen-bond donors (Lipinski definition) is 1. The van der Waals surface area contributed by atoms with E-state index in [9.17, 15) is 4.79 Å². The Labute approximate surface area is 126 Å². The van der Waals surface area contributed by atoms with E-state index in [2.05, 4.69) is 5.32 Å². The Morgan fingerprint density at radius 1 is 1.29 bits per heavy atom. The highest BCUT2D eigenvalue weighted by Crippen LogP contribution is 2.21. The van der Waals surface area contributed by atoms with Gasteiger partial charge in [-0.1, -0.05) is 0 Å². The van der Waals surface area contributed by atoms with E-state index < -0.39 is 0 Å². The second-order valence-corrected chi connectivity index (χ2v) is 4.72. The normalized spacial score (nSPS) is 12.0. The molecule has 0 unspecified atom stereocenters. The molecule has 1 rings (SSSR count). The summed E-state index contributed by atoms with van der Waals surface area (Å²) in [6.07, 6.45) is 0. The van der Waals surface area contributed by atoms with Crippen LogP contribution in [0.1, 0.15) is 36.7 Å². The summed E-state index contributed by atoms with van der Waals surface area (Å²) in [5.41, 5.74) is 1.47. The third-order valence-corrected chi connectivity index (χ3v) is 2.88. The largest absolute Gasteiger partial charge is 0.494 e. The molecule has 118 valence electrons. The van der Waals surface area contributed by atoms with Gasteiger partial charge in [-0.15, -0.1) is 0 Å². The summed E-state index contributed by atoms with van der Waals surface area (Å²) in [4.78, 5) is 12.2. The van der Waals surface area contributed by atoms with Crippen molar-refractivity contribution in [1.29, 1.82) is 0 Å². The molecule has 1 aromatic rings. The summed E-state index contributed by atoms with van der Waals surface area (Å²) >= 11 is 0. The zero-order chi connectivity index (χ0) is 15.7. The number of carbonyl (C=O) groups excluding carboxylic acids is 1. The lowest BCUT2D eigenvalue weighted by molar-refractivity contribution is 0.0905. The molecule has 0 bridgehead atoms. The van der Waals surface area contributed by atoms with Crippen LogP contribution in [0.4, 0.5) is 0 Å². The molecule has 0 aliphatic rings. The van der Waals surface area contributed by atoms with Crippen molar-refractivity contribution in [2.24, 2.45) is 0 Å². The zero-order valence-electron chi connectivity index (χ0n) is 13.3. The SMILES string of the molecule is CCOCc1cc(C(=O)N[C@@H](C)COC)ccc1OCC. The van der Waals surface area contributed by atoms with Gasteiger partial charge in [0.2, 0.25) is 0 Å². The van der Waals surface area contributed by atoms with Crippen molar-refractivity contribution >= 4 is 5.91 Å². The number of nitrogens with one attached hydrogen (secondary N) is 1. The summed E-state index contributed by atoms with van der Waals surface area (Å²) < 4.78 is 16.0. The van der Waals surface area contributed by atoms with Gasteiger partial charge in [0.05, 0.1) is 19.8 Å². The van der Waals surface area contributed by atoms with E-state index in [1.165, 1.54) is 0 Å². The molecular weight excluding hydrogens is 270 g/mol. The Balaban J connectivity index is 2.84. The van der Waals surface area contributed by atoms with Gasteiger partial charge >= 0.3 is 0 Å². The molecule has 0 radical (unpaired) electrons. The molecule has 0 spiro atoms. The first-order chi connectivity index (χ1) is 10.1. The molecular formula is C16H25NO4. The molecule has 0 aliphatic carbocycles. The van der Waals surface area contributed by atoms with Gasteiger partial charge in [-0.2, -0.15) is 0 Å². The summed E-state index contributed by atoms with van der Waals surface area (Å²) in [6, 6.07) is 5.35. The second-order valence-electron chi connectivity index (χ2n) is 4.72. The number of amides is 1. The average Bonchev–Trinajstić information content (AvgIpc) is 2.46. The molecule has 5 heteroatoms. The third kappa shape index (κ3) is 5.73. The lowest BCUT2D eigenvalue weighted by Gasteiger charge is -2.15. The van der Waals surface area contributed by atoms with Crippen LogP contribution >= 0.6 is 0 Å². The van der Waals surface area contributed by atoms with Gasteiger partial charge in [0.15, 0.2) is 0 Å². The van der Waals surface area contributed by atoms with Crippen molar-refractivity contribution in [1.82, 2.24) is 5.32 Å². The van der Waals surface area contributed by atoms with Crippen LogP contribution in [0.15, 0.2) is 18.2 Å². The number of rotatable bonds is 9. The standard InChI is InChI=1S/C16H25NO4/c1-5-20-11-14-9-13(7-8-15(14)21-6-2)16(18)17-12(3)10-19-4/h7-9,12H,5-6,10-11H2,1-4H3,(H,17,18)/t12-/m0/s1. The van der Waals surface area contributed by atoms with E-state index in [4.69, 9.17) is 14.2 Å². The second kappa shape index (κ2) is 9.37. The van der Waals surface area contributed by atoms with Crippen molar-refractivity contribution in [3.63, 3.8) is 0 Å². The van der Waals surface area contributed by atoms with Crippen LogP contribution in [-0.2, 0) is 16.1 Å². The van der Waals surface area contributed by atoms with E-state index in [0.29, 0.717) is 32.0 Å². The lowest BCUT2D eigenvalue weighted by Crippen LogP contribution is -2.35. The summed E-state index contributed by atoms with van der Waals surface area (Å²) in [5, 5.41) is 2.89. The molecule has 0 fully saturated rings. The van der Waals surface area contributed by atoms with E-state index in [-0.39, 0.29) is 11.9 Å². The number of ether oxygens (including phenoxy) is 3. The van der Waals surface area contributed by atoms with E-state index in [1.54, 1.807) is 13.2 Å². The van der Waals surface area contributed by atoms with Crippen LogP contribution in [0.25, 0.3) is 0 Å². The van der Waals surface area contributed by atoms with Crippen molar-refractivity contribution in [2.75, 3.05) is 26.9 Å². The predicted molar refractivity (Wildman–Crippen MR) is 81.7 cm³/mol. The molecule has 1 amide bonds. The zero-order valence-corrected chi connectivity index (χ0v) is 13.3. The molecule has 0 saturated carbocycles. The van der Waals surface area contributed by atoms with Crippen LogP contribution in [0, 0.1) is 0 Å². The van der Waals surface area contributed by atoms with Gasteiger partial charge in [0, 0.05) is 30.9 Å². The Kier molecular flexibility index (Phi) is 7.79. The minimum atomic E-state index is -0.125. The fourth-order valence-corrected chi connectivity index (χ4v) is 1.94. The monoisotopic (exact) mass is 295 g/mol. The minimum Gasteiger partial charge on any atom is -0.494 e. The molecule has 0 saturated heterocycles. The fourth-order valence-electron chi connectivity index (χ4n) is 1.94. The summed E-state index contributed by atoms with van der Waals surface area (Å²) in [7, 11) is 1.61. The number of benzene rings is 1. The topological polar surface area (TPSA) is 56.8 Å². The summed E-state index contributed by atoms with van der Waals surface area (Å²) in [6.45, 7) is 7.87. The van der Waals surface area contributed by atoms with Crippen LogP contribution in [0.3, 0.4) is 0 Å². The molecule has 5 nitrogen and oxygen atoms in total. The van der Waals surface area contributed by atoms with Gasteiger partial charge in [-0.25, -0.2) is 0 Å². The highest BCUT2D eigenvalue weighted by molar-refractivity contribution is 5.94. The van der Waals surface area contributed by atoms with Gasteiger partial charge in [0.1, 0.15) is 5.75 Å². The van der Waals surface area contributed by atoms with Crippen molar-refractivity contribution < 1.29 is 19.0 Å². The smallest absolute Gasteiger partial charge is 0.251 e. The molecule has 1 aromatic carbocycles. The number of hydrogen-bond acceptors (Lipinski definition) is 4. The Bertz CT molecular complexity index is 448. The van der Waals surface area contributed by atoms with Gasteiger partial charge in [-0.05, 0) is 39.0 Å². The molecule has 0 heterocycles. The van der Waals surface area contributed by atoms with Crippen LogP contribution < -0.4 is 10.1 Å². The number of carbonyl (C=O) groups is 1. The van der Waals surface area contributed by atoms with Crippen LogP contribution in [0.2, 0.25) is 0 Å². The first kappa shape index (κ1) is 17.5. The maximum absolute atomic E-state index is 12.2. The number of methoxy groups -OCH3 is 1. The van der Waals surface area contributed by atoms with E-state index in [1.807, 2.05) is 32.9 Å². The fraction of sp³-hybridized carbons (Fsp3) is 0.562. The minimum absolute atomic E-state index is 0.0376. The molecule has 1 N–H and O–H groups in total. The van der Waals surface area contributed by atoms with Gasteiger partial charge < -0.3 is 19.5 Å². The molecule has 1 atom stereocenters. The van der Waals surface area contributed by atoms with Crippen LogP contribution in [-0.4, -0.2) is 38.9 Å². The van der Waals surface area contributed by atoms with Crippen molar-refractivity contribution in [2.45, 2.75) is 33.4 Å². The maximum Gasteiger partial charge on any atom is 0.251 e. The maximum atomic E-state index is 12.2. The molecule has 0 aliphatic heterocycles. The quantitative estimate of drug-likeness (QED) is 0.760. The predicted octanol–water partition coefficient (Wildman–Crippen LogP) is 2.39. The average molecular weight is 295 g/mol. The molecule has 0 aromatic heterocycles. The van der Waals surface area contributed by atoms with Crippen molar-refractivity contribution in [3.8, 4) is 5.75 Å². The first-order valence-electron chi connectivity index (χ1n) is 7.25. The molecule has 21 heavy (non-hydrogen) atoms. The highest BCUT2D eigenvalue weighted by Gasteiger charge is 2.13. The Hall–Kier alpha value is -1.59. The highest BCUT2D eigenvalue weighted by atomic mass is 16.5. The van der Waals surface area contributed by atoms with Gasteiger partial charge in [-0.3, -0.25) is 4.79 Å². The van der Waals surface area contributed by atoms with Crippen molar-refractivity contribution in [3.05, 3.63) is 29.3 Å². The van der Waals surface area contributed by atoms with E-state index in [0.717, 1.165) is 11.3 Å². The van der Waals surface area contributed by atoms with Crippen LogP contribution in [0.5, 0.6) is 5.75 Å². The lowest BCUT2D eigenvalue weighted by atomic mass is 10.1. The van der Waals surface area contributed by atoms with Gasteiger partial charge in [0.25, 0.3) is 5.91 Å². The summed E-state index contributed by atoms with van der Waals surface area (Å²) in [5.74, 6) is 0.632. The third-order valence-electron chi connectivity index (χ3n) is 2.88. The van der Waals surface area contributed by atoms with E-state index >= 15 is 0 Å². The first-order valence-corrected chi connectivity index (χ1v) is 7.25. The Morgan fingerprint density at radius 2 is 2.05 bits per heavy atom. The Morgan fingerprint density at radius 3 is 2.67 bits per heavy atom.